The molecule has 2 aromatic carbocycles. The number of guanidine groups is 2. The number of hydrogen-bond acceptors (Lipinski definition) is 10. The lowest BCUT2D eigenvalue weighted by Crippen LogP contribution is -2.50. The zero-order valence-corrected chi connectivity index (χ0v) is 37.0. The van der Waals surface area contributed by atoms with E-state index in [0.717, 1.165) is 55.2 Å². The van der Waals surface area contributed by atoms with Crippen LogP contribution in [0.15, 0.2) is 52.4 Å². The molecule has 16 heteroatoms. The maximum Gasteiger partial charge on any atom is 0.414 e. The number of nitrogens with one attached hydrogen (secondary N) is 4. The topological polar surface area (TPSA) is 181 Å². The molecule has 2 aromatic rings. The minimum Gasteiger partial charge on any atom is -0.489 e. The lowest BCUT2D eigenvalue weighted by atomic mass is 10.0. The first kappa shape index (κ1) is 48.3. The highest BCUT2D eigenvalue weighted by atomic mass is 35.5. The van der Waals surface area contributed by atoms with Gasteiger partial charge < -0.3 is 23.8 Å². The van der Waals surface area contributed by atoms with Gasteiger partial charge in [-0.25, -0.2) is 24.2 Å². The van der Waals surface area contributed by atoms with Crippen LogP contribution in [0.2, 0.25) is 5.02 Å². The number of benzene rings is 2. The van der Waals surface area contributed by atoms with Crippen molar-refractivity contribution in [3.8, 4) is 5.75 Å². The molecule has 0 aromatic heterocycles. The maximum absolute atomic E-state index is 13.9. The van der Waals surface area contributed by atoms with E-state index in [2.05, 4.69) is 31.3 Å². The van der Waals surface area contributed by atoms with E-state index in [4.69, 9.17) is 30.5 Å². The molecule has 15 nitrogen and oxygen atoms in total. The van der Waals surface area contributed by atoms with Crippen molar-refractivity contribution in [1.29, 1.82) is 0 Å². The summed E-state index contributed by atoms with van der Waals surface area (Å²) in [5, 5.41) is 11.1. The standard InChI is InChI=1S/C43H64ClN7O8/c1-41(2,3)57-38(53)48-35(49-39(54)58-42(4,5)6)45-24-16-12-10-11-13-17-25-51-26-18-20-30-27-33(44)23-22-32(30)29-56-34-21-15-14-19-31(34)28-46-36(47-37(51)52)50-40(55)59-43(7,8)9/h14-15,19,21-23,27H,10-13,16-18,20,24-26,28-29H2,1-9H3,(H2,45,48,49,53,54)(H2,46,47,50,52,55). The molecule has 59 heavy (non-hydrogen) atoms. The van der Waals surface area contributed by atoms with Gasteiger partial charge in [-0.1, -0.05) is 61.5 Å². The highest BCUT2D eigenvalue weighted by Crippen LogP contribution is 2.24. The van der Waals surface area contributed by atoms with E-state index in [1.807, 2.05) is 42.5 Å². The number of para-hydroxylation sites is 1. The van der Waals surface area contributed by atoms with E-state index < -0.39 is 35.1 Å². The van der Waals surface area contributed by atoms with E-state index in [9.17, 15) is 19.2 Å². The molecule has 0 saturated carbocycles. The predicted octanol–water partition coefficient (Wildman–Crippen LogP) is 9.00. The highest BCUT2D eigenvalue weighted by molar-refractivity contribution is 6.30. The Morgan fingerprint density at radius 2 is 1.39 bits per heavy atom. The number of alkyl carbamates (subject to hydrolysis) is 3. The van der Waals surface area contributed by atoms with Crippen LogP contribution in [0.5, 0.6) is 5.75 Å². The number of nitrogens with zero attached hydrogens (tertiary/aromatic N) is 3. The van der Waals surface area contributed by atoms with Gasteiger partial charge in [0, 0.05) is 30.2 Å². The molecule has 1 heterocycles. The Bertz CT molecular complexity index is 1750. The molecule has 0 radical (unpaired) electrons. The highest BCUT2D eigenvalue weighted by Gasteiger charge is 2.23. The minimum absolute atomic E-state index is 0.0256. The van der Waals surface area contributed by atoms with Crippen LogP contribution in [0, 0.1) is 0 Å². The number of aliphatic imine (C=N–C) groups is 2. The number of ether oxygens (including phenoxy) is 4. The summed E-state index contributed by atoms with van der Waals surface area (Å²) in [7, 11) is 0. The summed E-state index contributed by atoms with van der Waals surface area (Å²) in [6.07, 6.45) is 4.19. The van der Waals surface area contributed by atoms with Crippen molar-refractivity contribution in [2.75, 3.05) is 19.6 Å². The summed E-state index contributed by atoms with van der Waals surface area (Å²) in [6.45, 7) is 17.5. The third-order valence-electron chi connectivity index (χ3n) is 8.28. The first-order valence-corrected chi connectivity index (χ1v) is 20.7. The van der Waals surface area contributed by atoms with Crippen LogP contribution >= 0.6 is 11.6 Å². The third-order valence-corrected chi connectivity index (χ3v) is 8.52. The van der Waals surface area contributed by atoms with Gasteiger partial charge in [-0.05, 0) is 117 Å². The number of carbonyl (C=O) groups is 4. The molecule has 1 aliphatic rings. The molecule has 5 amide bonds. The second kappa shape index (κ2) is 22.9. The first-order chi connectivity index (χ1) is 27.7. The number of urea groups is 1. The molecule has 0 unspecified atom stereocenters. The number of unbranched alkanes of at least 4 members (excludes halogenated alkanes) is 5. The number of aryl methyl sites for hydroxylation is 1. The summed E-state index contributed by atoms with van der Waals surface area (Å²) < 4.78 is 22.3. The SMILES string of the molecule is CC(C)(C)OC(=O)NC(=NCCCCCCCCN1CCCc2cc(Cl)ccc2COc2ccccc2CN=C(NC(=O)OC(C)(C)C)NC1=O)NC(=O)OC(C)(C)C. The molecule has 0 spiro atoms. The number of carbonyl (C=O) groups excluding carboxylic acids is 4. The minimum atomic E-state index is -0.757. The fourth-order valence-electron chi connectivity index (χ4n) is 5.75. The molecule has 0 saturated heterocycles. The lowest BCUT2D eigenvalue weighted by molar-refractivity contribution is 0.0534. The predicted molar refractivity (Wildman–Crippen MR) is 230 cm³/mol. The second-order valence-electron chi connectivity index (χ2n) is 17.2. The van der Waals surface area contributed by atoms with Crippen molar-refractivity contribution in [1.82, 2.24) is 26.2 Å². The smallest absolute Gasteiger partial charge is 0.414 e. The van der Waals surface area contributed by atoms with Gasteiger partial charge in [0.1, 0.15) is 29.2 Å². The summed E-state index contributed by atoms with van der Waals surface area (Å²) in [4.78, 5) is 62.1. The number of hydrogen-bond donors (Lipinski definition) is 4. The number of halogens is 1. The molecule has 1 aliphatic heterocycles. The van der Waals surface area contributed by atoms with Gasteiger partial charge in [-0.15, -0.1) is 0 Å². The second-order valence-corrected chi connectivity index (χ2v) is 17.7. The molecule has 3 rings (SSSR count). The van der Waals surface area contributed by atoms with Gasteiger partial charge in [0.2, 0.25) is 11.9 Å². The Labute approximate surface area is 354 Å². The zero-order chi connectivity index (χ0) is 43.6. The van der Waals surface area contributed by atoms with E-state index in [1.54, 1.807) is 67.2 Å². The van der Waals surface area contributed by atoms with Gasteiger partial charge in [0.15, 0.2) is 0 Å². The number of rotatable bonds is 9. The lowest BCUT2D eigenvalue weighted by Gasteiger charge is -2.25. The van der Waals surface area contributed by atoms with E-state index in [-0.39, 0.29) is 24.5 Å². The molecule has 0 aliphatic carbocycles. The third kappa shape index (κ3) is 20.5. The van der Waals surface area contributed by atoms with Crippen molar-refractivity contribution in [3.05, 3.63) is 64.2 Å². The zero-order valence-electron chi connectivity index (χ0n) is 36.2. The summed E-state index contributed by atoms with van der Waals surface area (Å²) in [6, 6.07) is 12.9. The van der Waals surface area contributed by atoms with Crippen LogP contribution < -0.4 is 26.0 Å². The normalized spacial score (nSPS) is 14.0. The summed E-state index contributed by atoms with van der Waals surface area (Å²) in [5.41, 5.74) is 0.613. The molecule has 4 N–H and O–H groups in total. The first-order valence-electron chi connectivity index (χ1n) is 20.3. The van der Waals surface area contributed by atoms with E-state index in [1.165, 1.54) is 0 Å². The van der Waals surface area contributed by atoms with Gasteiger partial charge in [-0.2, -0.15) is 0 Å². The molecular weight excluding hydrogens is 778 g/mol. The Kier molecular flexibility index (Phi) is 18.8. The van der Waals surface area contributed by atoms with Crippen LogP contribution in [0.25, 0.3) is 0 Å². The van der Waals surface area contributed by atoms with Crippen LogP contribution in [-0.4, -0.2) is 77.6 Å². The Morgan fingerprint density at radius 1 is 0.797 bits per heavy atom. The van der Waals surface area contributed by atoms with Crippen molar-refractivity contribution in [2.45, 2.75) is 144 Å². The fraction of sp³-hybridized carbons (Fsp3) is 0.581. The van der Waals surface area contributed by atoms with Crippen LogP contribution in [0.4, 0.5) is 19.2 Å². The average Bonchev–Trinajstić information content (AvgIpc) is 3.09. The van der Waals surface area contributed by atoms with Gasteiger partial charge in [0.25, 0.3) is 0 Å². The van der Waals surface area contributed by atoms with Gasteiger partial charge in [-0.3, -0.25) is 26.3 Å². The van der Waals surface area contributed by atoms with Crippen LogP contribution in [0.1, 0.15) is 124 Å². The maximum atomic E-state index is 13.9. The molecule has 0 bridgehead atoms. The number of amides is 5. The van der Waals surface area contributed by atoms with Crippen molar-refractivity contribution in [3.63, 3.8) is 0 Å². The average molecular weight is 842 g/mol. The molecule has 326 valence electrons. The van der Waals surface area contributed by atoms with E-state index >= 15 is 0 Å². The van der Waals surface area contributed by atoms with E-state index in [0.29, 0.717) is 49.9 Å². The fourth-order valence-corrected chi connectivity index (χ4v) is 5.95. The van der Waals surface area contributed by atoms with Crippen LogP contribution in [-0.2, 0) is 33.8 Å². The molecular formula is C43H64ClN7O8. The largest absolute Gasteiger partial charge is 0.489 e. The monoisotopic (exact) mass is 841 g/mol. The van der Waals surface area contributed by atoms with Crippen molar-refractivity contribution >= 4 is 47.8 Å². The Balaban J connectivity index is 1.64. The van der Waals surface area contributed by atoms with Crippen molar-refractivity contribution in [2.24, 2.45) is 9.98 Å². The quantitative estimate of drug-likeness (QED) is 0.0835. The molecule has 0 atom stereocenters. The van der Waals surface area contributed by atoms with Crippen molar-refractivity contribution < 1.29 is 38.1 Å². The Hall–Kier alpha value is -5.05. The Morgan fingerprint density at radius 3 is 2.03 bits per heavy atom. The van der Waals surface area contributed by atoms with Gasteiger partial charge in [0.05, 0.1) is 6.54 Å². The van der Waals surface area contributed by atoms with Crippen LogP contribution in [0.3, 0.4) is 0 Å². The van der Waals surface area contributed by atoms with Gasteiger partial charge >= 0.3 is 24.3 Å². The number of fused-ring (bicyclic) bond motifs is 2. The summed E-state index contributed by atoms with van der Waals surface area (Å²) in [5.74, 6) is 0.570. The molecule has 0 fully saturated rings. The summed E-state index contributed by atoms with van der Waals surface area (Å²) >= 11 is 6.41.